The van der Waals surface area contributed by atoms with Gasteiger partial charge >= 0.3 is 0 Å². The predicted octanol–water partition coefficient (Wildman–Crippen LogP) is 6.01. The summed E-state index contributed by atoms with van der Waals surface area (Å²) in [6, 6.07) is 11.1. The van der Waals surface area contributed by atoms with Gasteiger partial charge in [0.25, 0.3) is 0 Å². The first-order valence-corrected chi connectivity index (χ1v) is 9.75. The van der Waals surface area contributed by atoms with Gasteiger partial charge < -0.3 is 4.48 Å². The number of hydrogen-bond donors (Lipinski definition) is 0. The van der Waals surface area contributed by atoms with Crippen molar-refractivity contribution in [3.05, 3.63) is 35.9 Å². The van der Waals surface area contributed by atoms with Crippen LogP contribution in [0.25, 0.3) is 0 Å². The van der Waals surface area contributed by atoms with Gasteiger partial charge in [0.05, 0.1) is 19.6 Å². The standard InChI is InChI=1S/C20H35ClN/c1-3-5-16-22(17-6-4-2,18-12-8-11-15-21)19-20-13-9-7-10-14-20/h7,9-10,13-14H,3-6,8,11-12,15-19H2,1-2H3/q+1. The van der Waals surface area contributed by atoms with Crippen molar-refractivity contribution in [3.63, 3.8) is 0 Å². The van der Waals surface area contributed by atoms with Gasteiger partial charge in [-0.1, -0.05) is 57.0 Å². The number of nitrogens with zero attached hydrogens (tertiary/aromatic N) is 1. The first-order chi connectivity index (χ1) is 10.8. The molecule has 0 heterocycles. The van der Waals surface area contributed by atoms with E-state index in [9.17, 15) is 0 Å². The molecule has 1 aromatic carbocycles. The van der Waals surface area contributed by atoms with Crippen molar-refractivity contribution in [3.8, 4) is 0 Å². The van der Waals surface area contributed by atoms with Crippen molar-refractivity contribution < 1.29 is 4.48 Å². The Hall–Kier alpha value is -0.530. The molecule has 22 heavy (non-hydrogen) atoms. The average molecular weight is 325 g/mol. The number of halogens is 1. The van der Waals surface area contributed by atoms with Gasteiger partial charge in [-0.25, -0.2) is 0 Å². The fraction of sp³-hybridized carbons (Fsp3) is 0.700. The Kier molecular flexibility index (Phi) is 10.6. The monoisotopic (exact) mass is 324 g/mol. The van der Waals surface area contributed by atoms with E-state index in [1.165, 1.54) is 74.8 Å². The zero-order valence-electron chi connectivity index (χ0n) is 14.7. The summed E-state index contributed by atoms with van der Waals surface area (Å²) < 4.78 is 1.27. The summed E-state index contributed by atoms with van der Waals surface area (Å²) in [6.07, 6.45) is 9.02. The van der Waals surface area contributed by atoms with Crippen molar-refractivity contribution in [2.45, 2.75) is 65.3 Å². The second-order valence-corrected chi connectivity index (χ2v) is 6.99. The number of rotatable bonds is 13. The minimum absolute atomic E-state index is 0.808. The van der Waals surface area contributed by atoms with E-state index in [2.05, 4.69) is 44.2 Å². The fourth-order valence-electron chi connectivity index (χ4n) is 3.25. The van der Waals surface area contributed by atoms with Gasteiger partial charge in [-0.15, -0.1) is 11.6 Å². The molecule has 0 saturated carbocycles. The maximum absolute atomic E-state index is 5.84. The van der Waals surface area contributed by atoms with E-state index in [4.69, 9.17) is 11.6 Å². The molecule has 0 bridgehead atoms. The number of hydrogen-bond acceptors (Lipinski definition) is 0. The Balaban J connectivity index is 2.76. The second-order valence-electron chi connectivity index (χ2n) is 6.61. The third-order valence-corrected chi connectivity index (χ3v) is 4.87. The molecule has 0 aliphatic rings. The molecule has 0 aliphatic heterocycles. The van der Waals surface area contributed by atoms with Crippen molar-refractivity contribution in [2.24, 2.45) is 0 Å². The molecule has 0 N–H and O–H groups in total. The van der Waals surface area contributed by atoms with Gasteiger partial charge in [0.1, 0.15) is 6.54 Å². The van der Waals surface area contributed by atoms with E-state index >= 15 is 0 Å². The highest BCUT2D eigenvalue weighted by Gasteiger charge is 2.26. The molecule has 126 valence electrons. The zero-order valence-corrected chi connectivity index (χ0v) is 15.5. The molecular formula is C20H35ClN+. The summed E-state index contributed by atoms with van der Waals surface area (Å²) in [7, 11) is 0. The maximum atomic E-state index is 5.84. The minimum atomic E-state index is 0.808. The summed E-state index contributed by atoms with van der Waals surface area (Å²) in [4.78, 5) is 0. The van der Waals surface area contributed by atoms with Crippen LogP contribution in [-0.4, -0.2) is 30.0 Å². The lowest BCUT2D eigenvalue weighted by Gasteiger charge is -2.39. The maximum Gasteiger partial charge on any atom is 0.104 e. The van der Waals surface area contributed by atoms with Crippen molar-refractivity contribution in [1.29, 1.82) is 0 Å². The molecule has 0 spiro atoms. The first kappa shape index (κ1) is 19.5. The third-order valence-electron chi connectivity index (χ3n) is 4.60. The minimum Gasteiger partial charge on any atom is -0.320 e. The molecule has 0 saturated heterocycles. The van der Waals surface area contributed by atoms with Crippen LogP contribution in [0.1, 0.15) is 64.4 Å². The van der Waals surface area contributed by atoms with E-state index in [-0.39, 0.29) is 0 Å². The lowest BCUT2D eigenvalue weighted by molar-refractivity contribution is -0.941. The highest BCUT2D eigenvalue weighted by molar-refractivity contribution is 6.17. The summed E-state index contributed by atoms with van der Waals surface area (Å²) >= 11 is 5.84. The third kappa shape index (κ3) is 7.65. The summed E-state index contributed by atoms with van der Waals surface area (Å²) in [5, 5.41) is 0. The normalized spacial score (nSPS) is 11.8. The Morgan fingerprint density at radius 2 is 1.36 bits per heavy atom. The lowest BCUT2D eigenvalue weighted by Crippen LogP contribution is -2.49. The molecule has 0 aromatic heterocycles. The summed E-state index contributed by atoms with van der Waals surface area (Å²) in [6.45, 7) is 9.78. The Morgan fingerprint density at radius 1 is 0.773 bits per heavy atom. The number of quaternary nitrogens is 1. The van der Waals surface area contributed by atoms with Crippen molar-refractivity contribution >= 4 is 11.6 Å². The molecule has 1 rings (SSSR count). The first-order valence-electron chi connectivity index (χ1n) is 9.21. The van der Waals surface area contributed by atoms with Gasteiger partial charge in [0, 0.05) is 11.4 Å². The van der Waals surface area contributed by atoms with Crippen LogP contribution in [0.15, 0.2) is 30.3 Å². The number of unbranched alkanes of at least 4 members (excludes halogenated alkanes) is 4. The molecule has 0 amide bonds. The van der Waals surface area contributed by atoms with E-state index < -0.39 is 0 Å². The molecular weight excluding hydrogens is 290 g/mol. The van der Waals surface area contributed by atoms with E-state index in [0.717, 1.165) is 12.3 Å². The summed E-state index contributed by atoms with van der Waals surface area (Å²) in [5.41, 5.74) is 1.49. The van der Waals surface area contributed by atoms with Crippen LogP contribution in [0.3, 0.4) is 0 Å². The van der Waals surface area contributed by atoms with Gasteiger partial charge in [-0.3, -0.25) is 0 Å². The largest absolute Gasteiger partial charge is 0.320 e. The molecule has 1 nitrogen and oxygen atoms in total. The topological polar surface area (TPSA) is 0 Å². The second kappa shape index (κ2) is 12.0. The number of alkyl halides is 1. The highest BCUT2D eigenvalue weighted by Crippen LogP contribution is 2.20. The SMILES string of the molecule is CCCC[N+](CCCC)(CCCCCCl)Cc1ccccc1. The molecule has 1 aromatic rings. The highest BCUT2D eigenvalue weighted by atomic mass is 35.5. The summed E-state index contributed by atoms with van der Waals surface area (Å²) in [5.74, 6) is 0.808. The fourth-order valence-corrected chi connectivity index (χ4v) is 3.44. The molecule has 0 atom stereocenters. The zero-order chi connectivity index (χ0) is 16.1. The van der Waals surface area contributed by atoms with Crippen LogP contribution in [-0.2, 0) is 6.54 Å². The predicted molar refractivity (Wildman–Crippen MR) is 99.4 cm³/mol. The Morgan fingerprint density at radius 3 is 1.91 bits per heavy atom. The Bertz CT molecular complexity index is 355. The molecule has 0 radical (unpaired) electrons. The van der Waals surface area contributed by atoms with Gasteiger partial charge in [-0.2, -0.15) is 0 Å². The molecule has 2 heteroatoms. The van der Waals surface area contributed by atoms with Crippen molar-refractivity contribution in [2.75, 3.05) is 25.5 Å². The number of benzene rings is 1. The van der Waals surface area contributed by atoms with Crippen LogP contribution in [0.4, 0.5) is 0 Å². The van der Waals surface area contributed by atoms with Gasteiger partial charge in [0.15, 0.2) is 0 Å². The lowest BCUT2D eigenvalue weighted by atomic mass is 10.1. The van der Waals surface area contributed by atoms with Crippen LogP contribution >= 0.6 is 11.6 Å². The smallest absolute Gasteiger partial charge is 0.104 e. The van der Waals surface area contributed by atoms with E-state index in [1.807, 2.05) is 0 Å². The van der Waals surface area contributed by atoms with Crippen LogP contribution in [0, 0.1) is 0 Å². The Labute approximate surface area is 143 Å². The molecule has 0 fully saturated rings. The van der Waals surface area contributed by atoms with Crippen molar-refractivity contribution in [1.82, 2.24) is 0 Å². The van der Waals surface area contributed by atoms with Crippen LogP contribution in [0.2, 0.25) is 0 Å². The van der Waals surface area contributed by atoms with Crippen LogP contribution < -0.4 is 0 Å². The van der Waals surface area contributed by atoms with Gasteiger partial charge in [-0.05, 0) is 32.1 Å². The average Bonchev–Trinajstić information content (AvgIpc) is 2.56. The molecule has 0 unspecified atom stereocenters. The molecule has 0 aliphatic carbocycles. The quantitative estimate of drug-likeness (QED) is 0.237. The van der Waals surface area contributed by atoms with E-state index in [1.54, 1.807) is 0 Å². The van der Waals surface area contributed by atoms with Crippen LogP contribution in [0.5, 0.6) is 0 Å². The van der Waals surface area contributed by atoms with Gasteiger partial charge in [0.2, 0.25) is 0 Å². The van der Waals surface area contributed by atoms with E-state index in [0.29, 0.717) is 0 Å².